The fraction of sp³-hybridized carbons (Fsp3) is 0.429. The molecule has 0 aromatic carbocycles. The lowest BCUT2D eigenvalue weighted by atomic mass is 10.1. The molecule has 68 valence electrons. The quantitative estimate of drug-likeness (QED) is 0.721. The van der Waals surface area contributed by atoms with Crippen LogP contribution in [0.4, 0.5) is 8.78 Å². The number of hydrogen-bond donors (Lipinski definition) is 2. The Labute approximate surface area is 67.8 Å². The molecule has 0 aliphatic heterocycles. The standard InChI is InChI=1S/C7H9F2NO2/c8-7(9,4-11)6(10)5-2-1-3-12-5/h1-3,6,11H,4,10H2. The number of furan rings is 1. The van der Waals surface area contributed by atoms with Gasteiger partial charge in [0, 0.05) is 0 Å². The van der Waals surface area contributed by atoms with Gasteiger partial charge in [0.15, 0.2) is 0 Å². The van der Waals surface area contributed by atoms with Gasteiger partial charge in [-0.1, -0.05) is 0 Å². The third kappa shape index (κ3) is 1.62. The molecule has 0 spiro atoms. The van der Waals surface area contributed by atoms with Gasteiger partial charge in [0.05, 0.1) is 6.26 Å². The molecule has 1 rings (SSSR count). The summed E-state index contributed by atoms with van der Waals surface area (Å²) in [6, 6.07) is 1.22. The molecule has 12 heavy (non-hydrogen) atoms. The van der Waals surface area contributed by atoms with Crippen molar-refractivity contribution < 1.29 is 18.3 Å². The van der Waals surface area contributed by atoms with Crippen molar-refractivity contribution >= 4 is 0 Å². The van der Waals surface area contributed by atoms with Gasteiger partial charge in [-0.15, -0.1) is 0 Å². The number of alkyl halides is 2. The van der Waals surface area contributed by atoms with Crippen molar-refractivity contribution in [3.05, 3.63) is 24.2 Å². The van der Waals surface area contributed by atoms with Gasteiger partial charge in [0.1, 0.15) is 18.4 Å². The lowest BCUT2D eigenvalue weighted by molar-refractivity contribution is -0.0754. The molecular weight excluding hydrogens is 168 g/mol. The molecular formula is C7H9F2NO2. The molecule has 1 aromatic rings. The highest BCUT2D eigenvalue weighted by Gasteiger charge is 2.38. The molecule has 1 heterocycles. The molecule has 3 nitrogen and oxygen atoms in total. The Balaban J connectivity index is 2.78. The molecule has 0 aliphatic rings. The molecule has 1 aromatic heterocycles. The Kier molecular flexibility index (Phi) is 2.44. The predicted octanol–water partition coefficient (Wildman–Crippen LogP) is 0.907. The minimum Gasteiger partial charge on any atom is -0.467 e. The predicted molar refractivity (Wildman–Crippen MR) is 37.7 cm³/mol. The zero-order valence-corrected chi connectivity index (χ0v) is 6.21. The van der Waals surface area contributed by atoms with Crippen LogP contribution in [0.2, 0.25) is 0 Å². The number of aliphatic hydroxyl groups excluding tert-OH is 1. The van der Waals surface area contributed by atoms with E-state index in [2.05, 4.69) is 4.42 Å². The molecule has 0 aliphatic carbocycles. The summed E-state index contributed by atoms with van der Waals surface area (Å²) in [6.45, 7) is -1.28. The van der Waals surface area contributed by atoms with E-state index >= 15 is 0 Å². The average molecular weight is 177 g/mol. The second-order valence-electron chi connectivity index (χ2n) is 2.41. The maximum Gasteiger partial charge on any atom is 0.292 e. The summed E-state index contributed by atoms with van der Waals surface area (Å²) >= 11 is 0. The largest absolute Gasteiger partial charge is 0.467 e. The van der Waals surface area contributed by atoms with Crippen molar-refractivity contribution in [2.24, 2.45) is 5.73 Å². The van der Waals surface area contributed by atoms with E-state index in [0.717, 1.165) is 0 Å². The van der Waals surface area contributed by atoms with Crippen LogP contribution in [0.1, 0.15) is 11.8 Å². The van der Waals surface area contributed by atoms with E-state index < -0.39 is 18.6 Å². The van der Waals surface area contributed by atoms with Gasteiger partial charge in [-0.25, -0.2) is 8.78 Å². The Morgan fingerprint density at radius 2 is 2.33 bits per heavy atom. The summed E-state index contributed by atoms with van der Waals surface area (Å²) in [5.41, 5.74) is 5.12. The number of hydrogen-bond acceptors (Lipinski definition) is 3. The van der Waals surface area contributed by atoms with Crippen LogP contribution in [0.15, 0.2) is 22.8 Å². The second kappa shape index (κ2) is 3.20. The molecule has 3 N–H and O–H groups in total. The van der Waals surface area contributed by atoms with Gasteiger partial charge in [-0.2, -0.15) is 0 Å². The van der Waals surface area contributed by atoms with Gasteiger partial charge < -0.3 is 15.3 Å². The Morgan fingerprint density at radius 3 is 2.75 bits per heavy atom. The highest BCUT2D eigenvalue weighted by atomic mass is 19.3. The van der Waals surface area contributed by atoms with Crippen LogP contribution >= 0.6 is 0 Å². The van der Waals surface area contributed by atoms with Crippen LogP contribution in [0.3, 0.4) is 0 Å². The number of halogens is 2. The SMILES string of the molecule is NC(c1ccco1)C(F)(F)CO. The first-order valence-corrected chi connectivity index (χ1v) is 3.35. The molecule has 1 atom stereocenters. The molecule has 1 unspecified atom stereocenters. The Morgan fingerprint density at radius 1 is 1.67 bits per heavy atom. The van der Waals surface area contributed by atoms with Gasteiger partial charge >= 0.3 is 0 Å². The minimum absolute atomic E-state index is 0.0333. The first kappa shape index (κ1) is 9.15. The third-order valence-electron chi connectivity index (χ3n) is 1.52. The second-order valence-corrected chi connectivity index (χ2v) is 2.41. The van der Waals surface area contributed by atoms with Crippen LogP contribution < -0.4 is 5.73 Å². The van der Waals surface area contributed by atoms with Crippen LogP contribution in [0.25, 0.3) is 0 Å². The summed E-state index contributed by atoms with van der Waals surface area (Å²) in [5.74, 6) is -3.37. The molecule has 0 saturated carbocycles. The maximum atomic E-state index is 12.7. The molecule has 0 bridgehead atoms. The first-order chi connectivity index (χ1) is 5.58. The van der Waals surface area contributed by atoms with E-state index in [4.69, 9.17) is 10.8 Å². The molecule has 0 radical (unpaired) electrons. The highest BCUT2D eigenvalue weighted by molar-refractivity contribution is 5.07. The first-order valence-electron chi connectivity index (χ1n) is 3.35. The zero-order valence-electron chi connectivity index (χ0n) is 6.21. The fourth-order valence-electron chi connectivity index (χ4n) is 0.775. The van der Waals surface area contributed by atoms with E-state index in [-0.39, 0.29) is 5.76 Å². The lowest BCUT2D eigenvalue weighted by Crippen LogP contribution is -2.35. The summed E-state index contributed by atoms with van der Waals surface area (Å²) in [4.78, 5) is 0. The van der Waals surface area contributed by atoms with E-state index in [9.17, 15) is 8.78 Å². The topological polar surface area (TPSA) is 59.4 Å². The summed E-state index contributed by atoms with van der Waals surface area (Å²) in [7, 11) is 0. The van der Waals surface area contributed by atoms with Crippen LogP contribution in [0.5, 0.6) is 0 Å². The van der Waals surface area contributed by atoms with Crippen molar-refractivity contribution in [2.75, 3.05) is 6.61 Å². The van der Waals surface area contributed by atoms with Crippen molar-refractivity contribution in [3.63, 3.8) is 0 Å². The van der Waals surface area contributed by atoms with E-state index in [0.29, 0.717) is 0 Å². The van der Waals surface area contributed by atoms with E-state index in [1.165, 1.54) is 18.4 Å². The van der Waals surface area contributed by atoms with Crippen LogP contribution in [0, 0.1) is 0 Å². The number of nitrogens with two attached hydrogens (primary N) is 1. The molecule has 0 fully saturated rings. The van der Waals surface area contributed by atoms with Gasteiger partial charge in [-0.3, -0.25) is 0 Å². The molecule has 0 saturated heterocycles. The number of aliphatic hydroxyl groups is 1. The van der Waals surface area contributed by atoms with E-state index in [1.54, 1.807) is 0 Å². The highest BCUT2D eigenvalue weighted by Crippen LogP contribution is 2.28. The summed E-state index contributed by atoms with van der Waals surface area (Å²) < 4.78 is 30.0. The zero-order chi connectivity index (χ0) is 9.19. The van der Waals surface area contributed by atoms with Crippen molar-refractivity contribution in [2.45, 2.75) is 12.0 Å². The van der Waals surface area contributed by atoms with Crippen LogP contribution in [-0.2, 0) is 0 Å². The van der Waals surface area contributed by atoms with Crippen molar-refractivity contribution in [1.29, 1.82) is 0 Å². The van der Waals surface area contributed by atoms with E-state index in [1.807, 2.05) is 0 Å². The summed E-state index contributed by atoms with van der Waals surface area (Å²) in [6.07, 6.45) is 1.25. The molecule has 5 heteroatoms. The monoisotopic (exact) mass is 177 g/mol. The maximum absolute atomic E-state index is 12.7. The Hall–Kier alpha value is -0.940. The van der Waals surface area contributed by atoms with Crippen LogP contribution in [-0.4, -0.2) is 17.6 Å². The lowest BCUT2D eigenvalue weighted by Gasteiger charge is -2.18. The third-order valence-corrected chi connectivity index (χ3v) is 1.52. The summed E-state index contributed by atoms with van der Waals surface area (Å²) in [5, 5.41) is 8.29. The van der Waals surface area contributed by atoms with Gasteiger partial charge in [0.25, 0.3) is 5.92 Å². The minimum atomic E-state index is -3.34. The van der Waals surface area contributed by atoms with Crippen molar-refractivity contribution in [1.82, 2.24) is 0 Å². The normalized spacial score (nSPS) is 14.7. The van der Waals surface area contributed by atoms with Gasteiger partial charge in [-0.05, 0) is 12.1 Å². The average Bonchev–Trinajstić information content (AvgIpc) is 2.55. The van der Waals surface area contributed by atoms with Crippen molar-refractivity contribution in [3.8, 4) is 0 Å². The van der Waals surface area contributed by atoms with Gasteiger partial charge in [0.2, 0.25) is 0 Å². The fourth-order valence-corrected chi connectivity index (χ4v) is 0.775. The molecule has 0 amide bonds. The Bertz CT molecular complexity index is 236. The smallest absolute Gasteiger partial charge is 0.292 e. The number of rotatable bonds is 3.